The van der Waals surface area contributed by atoms with Crippen molar-refractivity contribution in [3.8, 4) is 0 Å². The number of nitrogens with one attached hydrogen (secondary N) is 4. The van der Waals surface area contributed by atoms with Gasteiger partial charge in [-0.2, -0.15) is 11.8 Å². The molecule has 4 unspecified atom stereocenters. The molecule has 198 valence electrons. The Balaban J connectivity index is 2.24. The molecule has 0 saturated carbocycles. The van der Waals surface area contributed by atoms with Crippen molar-refractivity contribution in [1.82, 2.24) is 20.9 Å². The summed E-state index contributed by atoms with van der Waals surface area (Å²) in [6.45, 7) is 2.60. The highest BCUT2D eigenvalue weighted by atomic mass is 32.2. The molecule has 3 amide bonds. The summed E-state index contributed by atoms with van der Waals surface area (Å²) in [5.74, 6) is -3.04. The molecular formula is C24H35N5O6S. The van der Waals surface area contributed by atoms with E-state index in [1.807, 2.05) is 30.5 Å². The van der Waals surface area contributed by atoms with Crippen molar-refractivity contribution in [2.75, 3.05) is 18.6 Å². The first kappa shape index (κ1) is 29.1. The molecule has 0 aliphatic heterocycles. The number of thioether (sulfide) groups is 1. The molecule has 0 radical (unpaired) electrons. The van der Waals surface area contributed by atoms with Gasteiger partial charge in [-0.15, -0.1) is 0 Å². The van der Waals surface area contributed by atoms with Gasteiger partial charge in [0.25, 0.3) is 0 Å². The number of hydrogen-bond donors (Lipinski definition) is 7. The number of hydrogen-bond acceptors (Lipinski definition) is 7. The Kier molecular flexibility index (Phi) is 11.2. The number of para-hydroxylation sites is 1. The third kappa shape index (κ3) is 7.97. The predicted molar refractivity (Wildman–Crippen MR) is 138 cm³/mol. The quantitative estimate of drug-likeness (QED) is 0.181. The molecule has 0 aliphatic carbocycles. The summed E-state index contributed by atoms with van der Waals surface area (Å²) in [5, 5.41) is 27.5. The number of carboxylic acids is 1. The molecule has 0 saturated heterocycles. The fourth-order valence-electron chi connectivity index (χ4n) is 3.62. The molecule has 11 nitrogen and oxygen atoms in total. The highest BCUT2D eigenvalue weighted by Crippen LogP contribution is 2.19. The minimum Gasteiger partial charge on any atom is -0.480 e. The minimum absolute atomic E-state index is 0.0470. The van der Waals surface area contributed by atoms with E-state index in [1.165, 1.54) is 11.8 Å². The lowest BCUT2D eigenvalue weighted by Crippen LogP contribution is -2.59. The van der Waals surface area contributed by atoms with Crippen LogP contribution in [-0.4, -0.2) is 81.7 Å². The smallest absolute Gasteiger partial charge is 0.326 e. The number of amides is 3. The number of aliphatic hydroxyl groups is 1. The van der Waals surface area contributed by atoms with Crippen LogP contribution in [0.25, 0.3) is 10.9 Å². The van der Waals surface area contributed by atoms with Gasteiger partial charge in [-0.3, -0.25) is 14.4 Å². The Bertz CT molecular complexity index is 1060. The molecule has 0 aliphatic rings. The Morgan fingerprint density at radius 2 is 1.67 bits per heavy atom. The van der Waals surface area contributed by atoms with Gasteiger partial charge in [-0.25, -0.2) is 4.79 Å². The van der Waals surface area contributed by atoms with Crippen molar-refractivity contribution in [2.45, 2.75) is 50.9 Å². The monoisotopic (exact) mass is 521 g/mol. The molecule has 8 N–H and O–H groups in total. The van der Waals surface area contributed by atoms with Gasteiger partial charge in [-0.05, 0) is 36.0 Å². The van der Waals surface area contributed by atoms with Crippen molar-refractivity contribution in [3.63, 3.8) is 0 Å². The maximum Gasteiger partial charge on any atom is 0.326 e. The molecule has 0 spiro atoms. The third-order valence-corrected chi connectivity index (χ3v) is 6.39. The van der Waals surface area contributed by atoms with Crippen LogP contribution in [0, 0.1) is 5.92 Å². The summed E-state index contributed by atoms with van der Waals surface area (Å²) in [6.07, 6.45) is 4.03. The average Bonchev–Trinajstić information content (AvgIpc) is 3.25. The van der Waals surface area contributed by atoms with Gasteiger partial charge < -0.3 is 36.9 Å². The maximum absolute atomic E-state index is 13.1. The van der Waals surface area contributed by atoms with E-state index in [1.54, 1.807) is 20.0 Å². The van der Waals surface area contributed by atoms with Crippen molar-refractivity contribution >= 4 is 46.4 Å². The lowest BCUT2D eigenvalue weighted by molar-refractivity contribution is -0.143. The number of H-pyrrole nitrogens is 1. The zero-order chi connectivity index (χ0) is 26.8. The number of aliphatic carboxylic acids is 1. The van der Waals surface area contributed by atoms with Gasteiger partial charge >= 0.3 is 5.97 Å². The first-order valence-electron chi connectivity index (χ1n) is 11.6. The largest absolute Gasteiger partial charge is 0.480 e. The normalized spacial score (nSPS) is 14.6. The Labute approximate surface area is 214 Å². The maximum atomic E-state index is 13.1. The Morgan fingerprint density at radius 3 is 2.28 bits per heavy atom. The number of aromatic amines is 1. The number of aliphatic hydroxyl groups excluding tert-OH is 1. The van der Waals surface area contributed by atoms with Crippen LogP contribution in [0.15, 0.2) is 30.5 Å². The van der Waals surface area contributed by atoms with E-state index in [4.69, 9.17) is 5.73 Å². The Morgan fingerprint density at radius 1 is 1.03 bits per heavy atom. The van der Waals surface area contributed by atoms with Gasteiger partial charge in [-0.1, -0.05) is 32.0 Å². The van der Waals surface area contributed by atoms with Crippen molar-refractivity contribution in [2.24, 2.45) is 11.7 Å². The minimum atomic E-state index is -1.34. The van der Waals surface area contributed by atoms with E-state index in [-0.39, 0.29) is 6.42 Å². The molecule has 36 heavy (non-hydrogen) atoms. The third-order valence-electron chi connectivity index (χ3n) is 5.75. The molecule has 0 fully saturated rings. The number of fused-ring (bicyclic) bond motifs is 1. The zero-order valence-corrected chi connectivity index (χ0v) is 21.4. The van der Waals surface area contributed by atoms with Crippen LogP contribution in [0.2, 0.25) is 0 Å². The predicted octanol–water partition coefficient (Wildman–Crippen LogP) is -0.0219. The molecule has 12 heteroatoms. The van der Waals surface area contributed by atoms with Gasteiger partial charge in [0.15, 0.2) is 0 Å². The van der Waals surface area contributed by atoms with E-state index in [0.29, 0.717) is 12.2 Å². The lowest BCUT2D eigenvalue weighted by atomic mass is 10.0. The molecule has 1 aromatic heterocycles. The molecule has 2 rings (SSSR count). The summed E-state index contributed by atoms with van der Waals surface area (Å²) in [5.41, 5.74) is 7.41. The zero-order valence-electron chi connectivity index (χ0n) is 20.6. The first-order valence-corrected chi connectivity index (χ1v) is 13.0. The van der Waals surface area contributed by atoms with E-state index in [0.717, 1.165) is 16.5 Å². The van der Waals surface area contributed by atoms with Crippen LogP contribution in [0.5, 0.6) is 0 Å². The standard InChI is InChI=1S/C24H35N5O6S/c1-13(2)20(24(34)35)29-22(32)18(10-14-11-26-17-7-5-4-6-15(14)17)27-23(33)19(12-30)28-21(31)16(25)8-9-36-3/h4-7,11,13,16,18-20,26,30H,8-10,12,25H2,1-3H3,(H,27,33)(H,28,31)(H,29,32)(H,34,35). The fraction of sp³-hybridized carbons (Fsp3) is 0.500. The second-order valence-corrected chi connectivity index (χ2v) is 9.81. The van der Waals surface area contributed by atoms with Crippen molar-refractivity contribution in [1.29, 1.82) is 0 Å². The molecule has 2 aromatic rings. The van der Waals surface area contributed by atoms with Gasteiger partial charge in [0.2, 0.25) is 17.7 Å². The number of benzene rings is 1. The highest BCUT2D eigenvalue weighted by Gasteiger charge is 2.31. The first-order chi connectivity index (χ1) is 17.1. The van der Waals surface area contributed by atoms with Crippen LogP contribution in [0.4, 0.5) is 0 Å². The fourth-order valence-corrected chi connectivity index (χ4v) is 4.11. The lowest BCUT2D eigenvalue weighted by Gasteiger charge is -2.25. The molecule has 0 bridgehead atoms. The number of nitrogens with two attached hydrogens (primary N) is 1. The van der Waals surface area contributed by atoms with Gasteiger partial charge in [0.1, 0.15) is 18.1 Å². The topological polar surface area (TPSA) is 187 Å². The number of carbonyl (C=O) groups is 4. The van der Waals surface area contributed by atoms with E-state index in [9.17, 15) is 29.4 Å². The van der Waals surface area contributed by atoms with Crippen LogP contribution in [0.1, 0.15) is 25.8 Å². The summed E-state index contributed by atoms with van der Waals surface area (Å²) < 4.78 is 0. The van der Waals surface area contributed by atoms with E-state index < -0.39 is 60.4 Å². The number of carboxylic acid groups (broad SMARTS) is 1. The van der Waals surface area contributed by atoms with Crippen LogP contribution in [0.3, 0.4) is 0 Å². The van der Waals surface area contributed by atoms with Crippen LogP contribution >= 0.6 is 11.8 Å². The SMILES string of the molecule is CSCCC(N)C(=O)NC(CO)C(=O)NC(Cc1c[nH]c2ccccc12)C(=O)NC(C(=O)O)C(C)C. The summed E-state index contributed by atoms with van der Waals surface area (Å²) in [4.78, 5) is 53.2. The van der Waals surface area contributed by atoms with Gasteiger partial charge in [0.05, 0.1) is 12.6 Å². The van der Waals surface area contributed by atoms with Crippen LogP contribution in [-0.2, 0) is 25.6 Å². The molecule has 1 aromatic carbocycles. The van der Waals surface area contributed by atoms with E-state index in [2.05, 4.69) is 20.9 Å². The molecule has 4 atom stereocenters. The van der Waals surface area contributed by atoms with Crippen molar-refractivity contribution < 1.29 is 29.4 Å². The average molecular weight is 522 g/mol. The summed E-state index contributed by atoms with van der Waals surface area (Å²) in [6, 6.07) is 2.89. The van der Waals surface area contributed by atoms with E-state index >= 15 is 0 Å². The summed E-state index contributed by atoms with van der Waals surface area (Å²) >= 11 is 1.52. The molecule has 1 heterocycles. The molecular weight excluding hydrogens is 486 g/mol. The highest BCUT2D eigenvalue weighted by molar-refractivity contribution is 7.98. The number of aromatic nitrogens is 1. The number of rotatable bonds is 14. The number of carbonyl (C=O) groups excluding carboxylic acids is 3. The second kappa shape index (κ2) is 13.9. The summed E-state index contributed by atoms with van der Waals surface area (Å²) in [7, 11) is 0. The van der Waals surface area contributed by atoms with Gasteiger partial charge in [0, 0.05) is 23.5 Å². The Hall–Kier alpha value is -3.09. The second-order valence-electron chi connectivity index (χ2n) is 8.83. The van der Waals surface area contributed by atoms with Crippen LogP contribution < -0.4 is 21.7 Å². The van der Waals surface area contributed by atoms with Crippen molar-refractivity contribution in [3.05, 3.63) is 36.0 Å².